The number of methoxy groups -OCH3 is 1. The van der Waals surface area contributed by atoms with Gasteiger partial charge in [0.2, 0.25) is 0 Å². The van der Waals surface area contributed by atoms with Crippen LogP contribution >= 0.6 is 0 Å². The fourth-order valence-corrected chi connectivity index (χ4v) is 2.63. The van der Waals surface area contributed by atoms with Crippen LogP contribution in [-0.2, 0) is 6.54 Å². The predicted molar refractivity (Wildman–Crippen MR) is 75.3 cm³/mol. The number of rotatable bonds is 5. The van der Waals surface area contributed by atoms with E-state index < -0.39 is 18.5 Å². The van der Waals surface area contributed by atoms with Gasteiger partial charge in [-0.2, -0.15) is 13.2 Å². The van der Waals surface area contributed by atoms with E-state index in [1.807, 2.05) is 0 Å². The molecule has 0 saturated carbocycles. The molecule has 1 N–H and O–H groups in total. The molecule has 1 fully saturated rings. The number of nitrogens with one attached hydrogen (secondary N) is 1. The van der Waals surface area contributed by atoms with Crippen LogP contribution in [0.25, 0.3) is 0 Å². The maximum atomic E-state index is 13.6. The second kappa shape index (κ2) is 7.28. The summed E-state index contributed by atoms with van der Waals surface area (Å²) in [4.78, 5) is 1.42. The second-order valence-corrected chi connectivity index (χ2v) is 5.52. The molecule has 0 bridgehead atoms. The van der Waals surface area contributed by atoms with E-state index in [0.717, 1.165) is 5.56 Å². The highest BCUT2D eigenvalue weighted by Gasteiger charge is 2.32. The summed E-state index contributed by atoms with van der Waals surface area (Å²) in [7, 11) is 1.41. The molecule has 1 aromatic rings. The van der Waals surface area contributed by atoms with Gasteiger partial charge in [-0.1, -0.05) is 6.07 Å². The molecule has 0 radical (unpaired) electrons. The number of piperidine rings is 1. The first-order valence-electron chi connectivity index (χ1n) is 7.22. The molecule has 0 atom stereocenters. The second-order valence-electron chi connectivity index (χ2n) is 5.52. The lowest BCUT2D eigenvalue weighted by Crippen LogP contribution is -2.45. The number of alkyl halides is 3. The maximum Gasteiger partial charge on any atom is 0.401 e. The standard InChI is InChI=1S/C15H20F4N2O/c1-22-14-3-2-11(8-13(14)16)9-20-12-4-6-21(7-5-12)10-15(17,18)19/h2-3,8,12,20H,4-7,9-10H2,1H3. The first-order valence-corrected chi connectivity index (χ1v) is 7.22. The van der Waals surface area contributed by atoms with Crippen molar-refractivity contribution >= 4 is 0 Å². The van der Waals surface area contributed by atoms with Crippen LogP contribution in [0.15, 0.2) is 18.2 Å². The lowest BCUT2D eigenvalue weighted by molar-refractivity contribution is -0.148. The van der Waals surface area contributed by atoms with E-state index >= 15 is 0 Å². The van der Waals surface area contributed by atoms with Crippen molar-refractivity contribution in [2.45, 2.75) is 31.6 Å². The van der Waals surface area contributed by atoms with E-state index in [9.17, 15) is 17.6 Å². The summed E-state index contributed by atoms with van der Waals surface area (Å²) in [5.41, 5.74) is 0.788. The van der Waals surface area contributed by atoms with Crippen LogP contribution < -0.4 is 10.1 Å². The van der Waals surface area contributed by atoms with Gasteiger partial charge in [0.15, 0.2) is 11.6 Å². The van der Waals surface area contributed by atoms with Crippen LogP contribution in [-0.4, -0.2) is 43.9 Å². The summed E-state index contributed by atoms with van der Waals surface area (Å²) in [5, 5.41) is 3.27. The van der Waals surface area contributed by atoms with Crippen LogP contribution in [0.3, 0.4) is 0 Å². The molecule has 124 valence electrons. The number of nitrogens with zero attached hydrogens (tertiary/aromatic N) is 1. The lowest BCUT2D eigenvalue weighted by atomic mass is 10.0. The minimum atomic E-state index is -4.14. The molecule has 3 nitrogen and oxygen atoms in total. The summed E-state index contributed by atoms with van der Waals surface area (Å²) >= 11 is 0. The molecule has 7 heteroatoms. The number of halogens is 4. The Morgan fingerprint density at radius 2 is 1.95 bits per heavy atom. The smallest absolute Gasteiger partial charge is 0.401 e. The number of hydrogen-bond donors (Lipinski definition) is 1. The number of benzene rings is 1. The Kier molecular flexibility index (Phi) is 5.63. The van der Waals surface area contributed by atoms with E-state index in [-0.39, 0.29) is 11.8 Å². The Balaban J connectivity index is 1.76. The first-order chi connectivity index (χ1) is 10.4. The molecular weight excluding hydrogens is 300 g/mol. The van der Waals surface area contributed by atoms with Crippen LogP contribution in [0.4, 0.5) is 17.6 Å². The summed E-state index contributed by atoms with van der Waals surface area (Å²) in [5.74, 6) is -0.217. The molecule has 1 saturated heterocycles. The highest BCUT2D eigenvalue weighted by Crippen LogP contribution is 2.21. The molecule has 1 aromatic carbocycles. The van der Waals surface area contributed by atoms with Gasteiger partial charge < -0.3 is 10.1 Å². The van der Waals surface area contributed by atoms with E-state index in [1.54, 1.807) is 12.1 Å². The van der Waals surface area contributed by atoms with E-state index in [0.29, 0.717) is 32.5 Å². The van der Waals surface area contributed by atoms with E-state index in [4.69, 9.17) is 4.74 Å². The monoisotopic (exact) mass is 320 g/mol. The van der Waals surface area contributed by atoms with Crippen LogP contribution in [0.5, 0.6) is 5.75 Å². The van der Waals surface area contributed by atoms with Crippen LogP contribution in [0.2, 0.25) is 0 Å². The van der Waals surface area contributed by atoms with Crippen molar-refractivity contribution in [2.24, 2.45) is 0 Å². The van der Waals surface area contributed by atoms with Gasteiger partial charge in [0.25, 0.3) is 0 Å². The molecule has 2 rings (SSSR count). The average molecular weight is 320 g/mol. The van der Waals surface area contributed by atoms with Gasteiger partial charge in [-0.3, -0.25) is 4.90 Å². The Bertz CT molecular complexity index is 485. The Hall–Kier alpha value is -1.34. The largest absolute Gasteiger partial charge is 0.494 e. The van der Waals surface area contributed by atoms with Gasteiger partial charge in [0.05, 0.1) is 13.7 Å². The molecule has 0 unspecified atom stereocenters. The van der Waals surface area contributed by atoms with Crippen LogP contribution in [0.1, 0.15) is 18.4 Å². The van der Waals surface area contributed by atoms with Gasteiger partial charge in [0, 0.05) is 12.6 Å². The van der Waals surface area contributed by atoms with Gasteiger partial charge in [-0.15, -0.1) is 0 Å². The zero-order valence-corrected chi connectivity index (χ0v) is 12.4. The molecule has 1 heterocycles. The highest BCUT2D eigenvalue weighted by atomic mass is 19.4. The van der Waals surface area contributed by atoms with Gasteiger partial charge in [-0.05, 0) is 43.6 Å². The summed E-state index contributed by atoms with van der Waals surface area (Å²) in [6.07, 6.45) is -2.82. The zero-order chi connectivity index (χ0) is 16.2. The molecule has 22 heavy (non-hydrogen) atoms. The fraction of sp³-hybridized carbons (Fsp3) is 0.600. The lowest BCUT2D eigenvalue weighted by Gasteiger charge is -2.32. The first kappa shape index (κ1) is 17.0. The molecule has 1 aliphatic heterocycles. The normalized spacial score (nSPS) is 17.7. The SMILES string of the molecule is COc1ccc(CNC2CCN(CC(F)(F)F)CC2)cc1F. The minimum Gasteiger partial charge on any atom is -0.494 e. The Morgan fingerprint density at radius 1 is 1.27 bits per heavy atom. The van der Waals surface area contributed by atoms with Crippen molar-refractivity contribution in [2.75, 3.05) is 26.7 Å². The molecule has 0 amide bonds. The third-order valence-electron chi connectivity index (χ3n) is 3.80. The summed E-state index contributed by atoms with van der Waals surface area (Å²) in [6.45, 7) is 0.497. The van der Waals surface area contributed by atoms with Crippen molar-refractivity contribution in [1.82, 2.24) is 10.2 Å². The van der Waals surface area contributed by atoms with Crippen molar-refractivity contribution in [1.29, 1.82) is 0 Å². The van der Waals surface area contributed by atoms with Gasteiger partial charge >= 0.3 is 6.18 Å². The Morgan fingerprint density at radius 3 is 2.50 bits per heavy atom. The van der Waals surface area contributed by atoms with E-state index in [1.165, 1.54) is 18.1 Å². The summed E-state index contributed by atoms with van der Waals surface area (Å²) in [6, 6.07) is 4.91. The fourth-order valence-electron chi connectivity index (χ4n) is 2.63. The van der Waals surface area contributed by atoms with Gasteiger partial charge in [0.1, 0.15) is 0 Å². The molecule has 0 aliphatic carbocycles. The molecule has 0 spiro atoms. The highest BCUT2D eigenvalue weighted by molar-refractivity contribution is 5.29. The molecular formula is C15H20F4N2O. The number of hydrogen-bond acceptors (Lipinski definition) is 3. The van der Waals surface area contributed by atoms with Crippen molar-refractivity contribution in [3.63, 3.8) is 0 Å². The number of ether oxygens (including phenoxy) is 1. The average Bonchev–Trinajstić information content (AvgIpc) is 2.45. The van der Waals surface area contributed by atoms with Crippen LogP contribution in [0, 0.1) is 5.82 Å². The van der Waals surface area contributed by atoms with Gasteiger partial charge in [-0.25, -0.2) is 4.39 Å². The van der Waals surface area contributed by atoms with E-state index in [2.05, 4.69) is 5.32 Å². The van der Waals surface area contributed by atoms with Crippen molar-refractivity contribution in [3.8, 4) is 5.75 Å². The third-order valence-corrected chi connectivity index (χ3v) is 3.80. The zero-order valence-electron chi connectivity index (χ0n) is 12.4. The summed E-state index contributed by atoms with van der Waals surface area (Å²) < 4.78 is 55.3. The Labute approximate surface area is 127 Å². The number of likely N-dealkylation sites (tertiary alicyclic amines) is 1. The predicted octanol–water partition coefficient (Wildman–Crippen LogP) is 2.95. The third kappa shape index (κ3) is 5.14. The van der Waals surface area contributed by atoms with Crippen molar-refractivity contribution in [3.05, 3.63) is 29.6 Å². The topological polar surface area (TPSA) is 24.5 Å². The van der Waals surface area contributed by atoms with Crippen molar-refractivity contribution < 1.29 is 22.3 Å². The maximum absolute atomic E-state index is 13.6. The molecule has 0 aromatic heterocycles. The molecule has 1 aliphatic rings. The quantitative estimate of drug-likeness (QED) is 0.844. The minimum absolute atomic E-state index is 0.162.